The Morgan fingerprint density at radius 2 is 2.13 bits per heavy atom. The van der Waals surface area contributed by atoms with Crippen molar-refractivity contribution in [2.75, 3.05) is 19.0 Å². The van der Waals surface area contributed by atoms with E-state index in [2.05, 4.69) is 15.8 Å². The Balaban J connectivity index is 1.90. The molecule has 2 unspecified atom stereocenters. The SMILES string of the molecule is CCN/C=C(\C(=N)C1CCCCC1)C(=O)C(Nc1cccc(OC)c1)C1=NOC(C)C1. The number of rotatable bonds is 10. The van der Waals surface area contributed by atoms with Crippen molar-refractivity contribution >= 4 is 22.9 Å². The maximum atomic E-state index is 13.8. The van der Waals surface area contributed by atoms with E-state index in [0.29, 0.717) is 35.7 Å². The highest BCUT2D eigenvalue weighted by Crippen LogP contribution is 2.28. The number of anilines is 1. The minimum absolute atomic E-state index is 0.0728. The number of Topliss-reactive ketones (excluding diaryl/α,β-unsaturated/α-hetero) is 1. The highest BCUT2D eigenvalue weighted by Gasteiger charge is 2.35. The predicted molar refractivity (Wildman–Crippen MR) is 124 cm³/mol. The Hall–Kier alpha value is -2.83. The van der Waals surface area contributed by atoms with Crippen LogP contribution in [0, 0.1) is 11.3 Å². The fraction of sp³-hybridized carbons (Fsp3) is 0.542. The fourth-order valence-corrected chi connectivity index (χ4v) is 4.13. The van der Waals surface area contributed by atoms with E-state index in [1.165, 1.54) is 6.42 Å². The van der Waals surface area contributed by atoms with Gasteiger partial charge in [0.2, 0.25) is 0 Å². The maximum Gasteiger partial charge on any atom is 0.194 e. The summed E-state index contributed by atoms with van der Waals surface area (Å²) in [6.45, 7) is 4.60. The van der Waals surface area contributed by atoms with Crippen LogP contribution in [0.15, 0.2) is 41.2 Å². The highest BCUT2D eigenvalue weighted by atomic mass is 16.6. The molecule has 1 aliphatic carbocycles. The van der Waals surface area contributed by atoms with Crippen molar-refractivity contribution < 1.29 is 14.4 Å². The van der Waals surface area contributed by atoms with Crippen LogP contribution in [0.25, 0.3) is 0 Å². The normalized spacial score (nSPS) is 20.4. The first kappa shape index (κ1) is 22.8. The van der Waals surface area contributed by atoms with Crippen LogP contribution < -0.4 is 15.4 Å². The number of ketones is 1. The molecule has 0 spiro atoms. The molecule has 1 saturated carbocycles. The van der Waals surface area contributed by atoms with Crippen LogP contribution in [0.1, 0.15) is 52.4 Å². The zero-order chi connectivity index (χ0) is 22.2. The Kier molecular flexibility index (Phi) is 8.09. The molecule has 1 fully saturated rings. The number of hydrogen-bond acceptors (Lipinski definition) is 7. The molecule has 0 aromatic heterocycles. The number of nitrogens with one attached hydrogen (secondary N) is 3. The maximum absolute atomic E-state index is 13.8. The fourth-order valence-electron chi connectivity index (χ4n) is 4.13. The molecule has 2 atom stereocenters. The van der Waals surface area contributed by atoms with Crippen LogP contribution in [0.5, 0.6) is 5.75 Å². The molecule has 7 heteroatoms. The quantitative estimate of drug-likeness (QED) is 0.383. The van der Waals surface area contributed by atoms with E-state index in [-0.39, 0.29) is 17.8 Å². The minimum atomic E-state index is -0.703. The lowest BCUT2D eigenvalue weighted by atomic mass is 9.81. The molecule has 0 bridgehead atoms. The predicted octanol–water partition coefficient (Wildman–Crippen LogP) is 4.30. The second-order valence-electron chi connectivity index (χ2n) is 8.24. The van der Waals surface area contributed by atoms with Gasteiger partial charge in [-0.15, -0.1) is 0 Å². The van der Waals surface area contributed by atoms with Gasteiger partial charge >= 0.3 is 0 Å². The molecular formula is C24H34N4O3. The van der Waals surface area contributed by atoms with E-state index >= 15 is 0 Å². The number of ether oxygens (including phenoxy) is 1. The van der Waals surface area contributed by atoms with Crippen molar-refractivity contribution in [2.45, 2.75) is 64.5 Å². The smallest absolute Gasteiger partial charge is 0.194 e. The summed E-state index contributed by atoms with van der Waals surface area (Å²) in [6, 6.07) is 6.77. The first-order valence-electron chi connectivity index (χ1n) is 11.2. The van der Waals surface area contributed by atoms with Gasteiger partial charge in [0.05, 0.1) is 18.4 Å². The van der Waals surface area contributed by atoms with Crippen LogP contribution in [-0.4, -0.2) is 43.0 Å². The van der Waals surface area contributed by atoms with Crippen LogP contribution in [-0.2, 0) is 9.63 Å². The van der Waals surface area contributed by atoms with E-state index in [1.54, 1.807) is 13.3 Å². The van der Waals surface area contributed by atoms with Gasteiger partial charge in [-0.1, -0.05) is 30.5 Å². The van der Waals surface area contributed by atoms with Crippen molar-refractivity contribution in [1.82, 2.24) is 5.32 Å². The van der Waals surface area contributed by atoms with E-state index in [0.717, 1.165) is 31.4 Å². The van der Waals surface area contributed by atoms with Gasteiger partial charge in [-0.2, -0.15) is 0 Å². The Bertz CT molecular complexity index is 843. The van der Waals surface area contributed by atoms with E-state index in [4.69, 9.17) is 15.0 Å². The summed E-state index contributed by atoms with van der Waals surface area (Å²) in [5, 5.41) is 19.5. The number of benzene rings is 1. The summed E-state index contributed by atoms with van der Waals surface area (Å²) in [4.78, 5) is 19.2. The number of hydrogen-bond donors (Lipinski definition) is 3. The molecule has 1 aromatic carbocycles. The number of carbonyl (C=O) groups excluding carboxylic acids is 1. The van der Waals surface area contributed by atoms with Gasteiger partial charge in [0.1, 0.15) is 17.9 Å². The highest BCUT2D eigenvalue weighted by molar-refractivity contribution is 6.29. The summed E-state index contributed by atoms with van der Waals surface area (Å²) in [5.41, 5.74) is 2.26. The lowest BCUT2D eigenvalue weighted by molar-refractivity contribution is -0.114. The van der Waals surface area contributed by atoms with Crippen molar-refractivity contribution in [3.8, 4) is 5.75 Å². The van der Waals surface area contributed by atoms with E-state index < -0.39 is 6.04 Å². The third kappa shape index (κ3) is 5.87. The topological polar surface area (TPSA) is 95.8 Å². The van der Waals surface area contributed by atoms with Gasteiger partial charge in [0, 0.05) is 42.5 Å². The molecule has 0 amide bonds. The van der Waals surface area contributed by atoms with Gasteiger partial charge in [-0.25, -0.2) is 0 Å². The van der Waals surface area contributed by atoms with Crippen molar-refractivity contribution in [2.24, 2.45) is 11.1 Å². The average Bonchev–Trinajstić information content (AvgIpc) is 3.24. The molecule has 31 heavy (non-hydrogen) atoms. The average molecular weight is 427 g/mol. The Morgan fingerprint density at radius 1 is 1.35 bits per heavy atom. The zero-order valence-corrected chi connectivity index (χ0v) is 18.7. The summed E-state index contributed by atoms with van der Waals surface area (Å²) < 4.78 is 5.32. The van der Waals surface area contributed by atoms with Crippen molar-refractivity contribution in [1.29, 1.82) is 5.41 Å². The summed E-state index contributed by atoms with van der Waals surface area (Å²) in [7, 11) is 1.61. The zero-order valence-electron chi connectivity index (χ0n) is 18.7. The van der Waals surface area contributed by atoms with Crippen LogP contribution >= 0.6 is 0 Å². The van der Waals surface area contributed by atoms with Crippen molar-refractivity contribution in [3.05, 3.63) is 36.0 Å². The monoisotopic (exact) mass is 426 g/mol. The second-order valence-corrected chi connectivity index (χ2v) is 8.24. The lowest BCUT2D eigenvalue weighted by Crippen LogP contribution is -2.41. The Morgan fingerprint density at radius 3 is 2.77 bits per heavy atom. The molecule has 168 valence electrons. The summed E-state index contributed by atoms with van der Waals surface area (Å²) >= 11 is 0. The number of nitrogens with zero attached hydrogens (tertiary/aromatic N) is 1. The van der Waals surface area contributed by atoms with Gasteiger partial charge in [-0.3, -0.25) is 4.79 Å². The van der Waals surface area contributed by atoms with E-state index in [9.17, 15) is 4.79 Å². The third-order valence-electron chi connectivity index (χ3n) is 5.84. The molecule has 3 rings (SSSR count). The van der Waals surface area contributed by atoms with Crippen LogP contribution in [0.3, 0.4) is 0 Å². The molecule has 2 aliphatic rings. The third-order valence-corrected chi connectivity index (χ3v) is 5.84. The van der Waals surface area contributed by atoms with Crippen LogP contribution in [0.4, 0.5) is 5.69 Å². The van der Waals surface area contributed by atoms with Gasteiger partial charge < -0.3 is 25.6 Å². The first-order valence-corrected chi connectivity index (χ1v) is 11.2. The van der Waals surface area contributed by atoms with Crippen LogP contribution in [0.2, 0.25) is 0 Å². The van der Waals surface area contributed by atoms with Gasteiger partial charge in [0.15, 0.2) is 5.78 Å². The Labute approximate surface area is 184 Å². The number of methoxy groups -OCH3 is 1. The van der Waals surface area contributed by atoms with Gasteiger partial charge in [-0.05, 0) is 38.8 Å². The molecular weight excluding hydrogens is 392 g/mol. The standard InChI is InChI=1S/C24H34N4O3/c1-4-26-15-20(22(25)17-9-6-5-7-10-17)24(29)23(21-13-16(2)31-28-21)27-18-11-8-12-19(14-18)30-3/h8,11-12,14-17,23,25-27H,4-7,9-10,13H2,1-3H3/b20-15+,25-22?. The molecule has 1 aromatic rings. The first-order chi connectivity index (χ1) is 15.0. The molecule has 0 saturated heterocycles. The number of oxime groups is 1. The van der Waals surface area contributed by atoms with Crippen molar-refractivity contribution in [3.63, 3.8) is 0 Å². The van der Waals surface area contributed by atoms with E-state index in [1.807, 2.05) is 38.1 Å². The number of carbonyl (C=O) groups is 1. The largest absolute Gasteiger partial charge is 0.497 e. The molecule has 0 radical (unpaired) electrons. The molecule has 1 heterocycles. The summed E-state index contributed by atoms with van der Waals surface area (Å²) in [5.74, 6) is 0.670. The van der Waals surface area contributed by atoms with Gasteiger partial charge in [0.25, 0.3) is 0 Å². The molecule has 7 nitrogen and oxygen atoms in total. The second kappa shape index (κ2) is 11.0. The summed E-state index contributed by atoms with van der Waals surface area (Å²) in [6.07, 6.45) is 7.55. The minimum Gasteiger partial charge on any atom is -0.497 e. The lowest BCUT2D eigenvalue weighted by Gasteiger charge is -2.26. The molecule has 1 aliphatic heterocycles. The molecule has 3 N–H and O–H groups in total.